The molecule has 23 heavy (non-hydrogen) atoms. The molecule has 1 aliphatic heterocycles. The molecule has 0 radical (unpaired) electrons. The Bertz CT molecular complexity index is 662. The minimum Gasteiger partial charge on any atom is -0.377 e. The zero-order valence-electron chi connectivity index (χ0n) is 13.8. The van der Waals surface area contributed by atoms with Gasteiger partial charge in [-0.2, -0.15) is 0 Å². The first-order chi connectivity index (χ1) is 11.3. The monoisotopic (exact) mass is 329 g/mol. The number of fused-ring (bicyclic) bond motifs is 1. The maximum atomic E-state index is 5.11. The molecule has 1 aliphatic rings. The third-order valence-electron chi connectivity index (χ3n) is 3.95. The van der Waals surface area contributed by atoms with E-state index in [1.807, 2.05) is 18.0 Å². The van der Waals surface area contributed by atoms with E-state index >= 15 is 0 Å². The van der Waals surface area contributed by atoms with Crippen molar-refractivity contribution in [1.29, 1.82) is 0 Å². The van der Waals surface area contributed by atoms with E-state index in [4.69, 9.17) is 4.74 Å². The molecule has 0 N–H and O–H groups in total. The Kier molecular flexibility index (Phi) is 5.65. The van der Waals surface area contributed by atoms with E-state index in [0.29, 0.717) is 6.61 Å². The molecule has 3 rings (SSSR count). The number of hydrogen-bond donors (Lipinski definition) is 0. The van der Waals surface area contributed by atoms with E-state index in [1.165, 1.54) is 21.7 Å². The highest BCUT2D eigenvalue weighted by atomic mass is 32.2. The summed E-state index contributed by atoms with van der Waals surface area (Å²) in [6, 6.07) is 8.87. The van der Waals surface area contributed by atoms with Gasteiger partial charge in [0.15, 0.2) is 5.82 Å². The lowest BCUT2D eigenvalue weighted by Gasteiger charge is -2.28. The summed E-state index contributed by atoms with van der Waals surface area (Å²) < 4.78 is 5.11. The zero-order chi connectivity index (χ0) is 16.1. The maximum absolute atomic E-state index is 5.11. The van der Waals surface area contributed by atoms with Gasteiger partial charge in [0.2, 0.25) is 0 Å². The summed E-state index contributed by atoms with van der Waals surface area (Å²) in [5.74, 6) is 1.89. The van der Waals surface area contributed by atoms with Gasteiger partial charge in [0.25, 0.3) is 0 Å². The van der Waals surface area contributed by atoms with Gasteiger partial charge in [-0.3, -0.25) is 4.90 Å². The smallest absolute Gasteiger partial charge is 0.154 e. The van der Waals surface area contributed by atoms with E-state index in [2.05, 4.69) is 46.1 Å². The molecule has 0 saturated carbocycles. The number of thioether (sulfide) groups is 1. The van der Waals surface area contributed by atoms with Gasteiger partial charge in [-0.15, -0.1) is 11.8 Å². The Hall–Kier alpha value is -1.43. The lowest BCUT2D eigenvalue weighted by Crippen LogP contribution is -2.31. The van der Waals surface area contributed by atoms with Crippen LogP contribution in [0.4, 0.5) is 0 Å². The topological polar surface area (TPSA) is 38.2 Å². The summed E-state index contributed by atoms with van der Waals surface area (Å²) in [5.41, 5.74) is 3.80. The summed E-state index contributed by atoms with van der Waals surface area (Å²) in [6.07, 6.45) is 2.95. The summed E-state index contributed by atoms with van der Waals surface area (Å²) in [5, 5.41) is 0. The van der Waals surface area contributed by atoms with Gasteiger partial charge in [-0.25, -0.2) is 9.97 Å². The molecule has 4 nitrogen and oxygen atoms in total. The highest BCUT2D eigenvalue weighted by molar-refractivity contribution is 7.99. The Labute approximate surface area is 142 Å². The first-order valence-electron chi connectivity index (χ1n) is 8.05. The van der Waals surface area contributed by atoms with Crippen molar-refractivity contribution in [2.24, 2.45) is 0 Å². The third kappa shape index (κ3) is 4.31. The quantitative estimate of drug-likeness (QED) is 0.760. The second-order valence-corrected chi connectivity index (χ2v) is 7.07. The highest BCUT2D eigenvalue weighted by Crippen LogP contribution is 2.22. The van der Waals surface area contributed by atoms with Crippen LogP contribution in [0.15, 0.2) is 35.4 Å². The lowest BCUT2D eigenvalue weighted by atomic mass is 10.1. The molecule has 0 amide bonds. The van der Waals surface area contributed by atoms with E-state index < -0.39 is 0 Å². The average Bonchev–Trinajstić information content (AvgIpc) is 2.56. The molecule has 0 aliphatic carbocycles. The van der Waals surface area contributed by atoms with Crippen molar-refractivity contribution in [3.8, 4) is 0 Å². The van der Waals surface area contributed by atoms with Crippen molar-refractivity contribution in [3.05, 3.63) is 53.1 Å². The van der Waals surface area contributed by atoms with Crippen LogP contribution in [-0.2, 0) is 30.9 Å². The van der Waals surface area contributed by atoms with Crippen molar-refractivity contribution in [2.75, 3.05) is 19.4 Å². The number of rotatable bonds is 6. The van der Waals surface area contributed by atoms with Crippen LogP contribution in [0.3, 0.4) is 0 Å². The molecule has 0 fully saturated rings. The number of benzene rings is 1. The molecule has 2 heterocycles. The number of ether oxygens (including phenoxy) is 1. The maximum Gasteiger partial charge on any atom is 0.154 e. The fraction of sp³-hybridized carbons (Fsp3) is 0.444. The standard InChI is InChI=1S/C18H23N3OS/c1-3-23-16-6-4-5-14(9-16)11-21-8-7-17-15(12-21)10-19-18(20-17)13-22-2/h4-6,9-10H,3,7-8,11-13H2,1-2H3. The second kappa shape index (κ2) is 7.90. The summed E-state index contributed by atoms with van der Waals surface area (Å²) in [7, 11) is 1.68. The van der Waals surface area contributed by atoms with Gasteiger partial charge >= 0.3 is 0 Å². The van der Waals surface area contributed by atoms with Gasteiger partial charge in [-0.1, -0.05) is 19.1 Å². The average molecular weight is 329 g/mol. The molecule has 5 heteroatoms. The van der Waals surface area contributed by atoms with Crippen molar-refractivity contribution < 1.29 is 4.74 Å². The highest BCUT2D eigenvalue weighted by Gasteiger charge is 2.18. The van der Waals surface area contributed by atoms with Crippen LogP contribution in [0.2, 0.25) is 0 Å². The van der Waals surface area contributed by atoms with E-state index in [1.54, 1.807) is 7.11 Å². The van der Waals surface area contributed by atoms with Crippen LogP contribution in [0.1, 0.15) is 29.6 Å². The molecule has 2 aromatic rings. The van der Waals surface area contributed by atoms with Crippen LogP contribution < -0.4 is 0 Å². The van der Waals surface area contributed by atoms with E-state index in [0.717, 1.165) is 37.6 Å². The Morgan fingerprint density at radius 1 is 1.35 bits per heavy atom. The van der Waals surface area contributed by atoms with Crippen molar-refractivity contribution in [3.63, 3.8) is 0 Å². The molecule has 0 spiro atoms. The minimum atomic E-state index is 0.485. The first kappa shape index (κ1) is 16.4. The number of hydrogen-bond acceptors (Lipinski definition) is 5. The van der Waals surface area contributed by atoms with Crippen molar-refractivity contribution >= 4 is 11.8 Å². The van der Waals surface area contributed by atoms with E-state index in [-0.39, 0.29) is 0 Å². The van der Waals surface area contributed by atoms with Gasteiger partial charge in [0, 0.05) is 55.5 Å². The molecule has 0 unspecified atom stereocenters. The minimum absolute atomic E-state index is 0.485. The van der Waals surface area contributed by atoms with Crippen molar-refractivity contribution in [1.82, 2.24) is 14.9 Å². The molecule has 1 aromatic carbocycles. The number of aromatic nitrogens is 2. The third-order valence-corrected chi connectivity index (χ3v) is 4.83. The summed E-state index contributed by atoms with van der Waals surface area (Å²) >= 11 is 1.90. The molecule has 1 aromatic heterocycles. The van der Waals surface area contributed by atoms with Crippen molar-refractivity contribution in [2.45, 2.75) is 37.9 Å². The van der Waals surface area contributed by atoms with E-state index in [9.17, 15) is 0 Å². The van der Waals surface area contributed by atoms with Crippen LogP contribution in [0.5, 0.6) is 0 Å². The Morgan fingerprint density at radius 2 is 2.26 bits per heavy atom. The second-order valence-electron chi connectivity index (χ2n) is 5.73. The summed E-state index contributed by atoms with van der Waals surface area (Å²) in [6.45, 7) is 5.63. The van der Waals surface area contributed by atoms with Gasteiger partial charge < -0.3 is 4.74 Å². The number of methoxy groups -OCH3 is 1. The van der Waals surface area contributed by atoms with Gasteiger partial charge in [0.05, 0.1) is 0 Å². The van der Waals surface area contributed by atoms with Crippen LogP contribution in [0.25, 0.3) is 0 Å². The van der Waals surface area contributed by atoms with Gasteiger partial charge in [0.1, 0.15) is 6.61 Å². The number of nitrogens with zero attached hydrogens (tertiary/aromatic N) is 3. The molecule has 0 atom stereocenters. The molecular weight excluding hydrogens is 306 g/mol. The SMILES string of the molecule is CCSc1cccc(CN2CCc3nc(COC)ncc3C2)c1. The van der Waals surface area contributed by atoms with Gasteiger partial charge in [-0.05, 0) is 23.4 Å². The zero-order valence-corrected chi connectivity index (χ0v) is 14.6. The fourth-order valence-electron chi connectivity index (χ4n) is 2.91. The Morgan fingerprint density at radius 3 is 3.09 bits per heavy atom. The molecule has 122 valence electrons. The first-order valence-corrected chi connectivity index (χ1v) is 9.03. The van der Waals surface area contributed by atoms with Crippen LogP contribution in [-0.4, -0.2) is 34.3 Å². The normalized spacial score (nSPS) is 14.7. The molecular formula is C18H23N3OS. The molecule has 0 bridgehead atoms. The largest absolute Gasteiger partial charge is 0.377 e. The van der Waals surface area contributed by atoms with Crippen LogP contribution in [0, 0.1) is 0 Å². The predicted octanol–water partition coefficient (Wildman–Crippen LogP) is 3.29. The fourth-order valence-corrected chi connectivity index (χ4v) is 3.65. The Balaban J connectivity index is 1.66. The lowest BCUT2D eigenvalue weighted by molar-refractivity contribution is 0.176. The summed E-state index contributed by atoms with van der Waals surface area (Å²) in [4.78, 5) is 12.8. The van der Waals surface area contributed by atoms with Crippen LogP contribution >= 0.6 is 11.8 Å². The molecule has 0 saturated heterocycles. The predicted molar refractivity (Wildman–Crippen MR) is 93.4 cm³/mol.